The van der Waals surface area contributed by atoms with Crippen molar-refractivity contribution in [2.75, 3.05) is 5.73 Å². The molecule has 17 heavy (non-hydrogen) atoms. The number of nitrogen functional groups attached to an aromatic ring is 1. The molecule has 0 amide bonds. The summed E-state index contributed by atoms with van der Waals surface area (Å²) in [4.78, 5) is 8.29. The van der Waals surface area contributed by atoms with Crippen LogP contribution in [0.25, 0.3) is 11.3 Å². The van der Waals surface area contributed by atoms with E-state index in [-0.39, 0.29) is 5.41 Å². The van der Waals surface area contributed by atoms with Gasteiger partial charge in [0, 0.05) is 5.56 Å². The molecule has 0 saturated heterocycles. The highest BCUT2D eigenvalue weighted by atomic mass is 14.9. The molecule has 1 aromatic heterocycles. The lowest BCUT2D eigenvalue weighted by Gasteiger charge is -2.19. The van der Waals surface area contributed by atoms with E-state index in [0.717, 1.165) is 11.3 Å². The Kier molecular flexibility index (Phi) is 2.84. The molecule has 0 bridgehead atoms. The first-order valence-electron chi connectivity index (χ1n) is 5.65. The Morgan fingerprint density at radius 2 is 1.65 bits per heavy atom. The van der Waals surface area contributed by atoms with Gasteiger partial charge in [-0.3, -0.25) is 4.98 Å². The van der Waals surface area contributed by atoms with Gasteiger partial charge in [0.25, 0.3) is 0 Å². The zero-order valence-electron chi connectivity index (χ0n) is 10.4. The summed E-state index contributed by atoms with van der Waals surface area (Å²) < 4.78 is 0. The van der Waals surface area contributed by atoms with Gasteiger partial charge in [0.15, 0.2) is 0 Å². The second-order valence-electron chi connectivity index (χ2n) is 5.16. The van der Waals surface area contributed by atoms with E-state index in [1.54, 1.807) is 12.4 Å². The molecular formula is C14H17N3. The van der Waals surface area contributed by atoms with Crippen LogP contribution in [0.15, 0.2) is 36.7 Å². The highest BCUT2D eigenvalue weighted by Gasteiger charge is 2.13. The SMILES string of the molecule is CC(C)(C)c1ccc(-c2cncc(N)n2)cc1. The van der Waals surface area contributed by atoms with Gasteiger partial charge in [-0.25, -0.2) is 4.98 Å². The first kappa shape index (κ1) is 11.6. The maximum absolute atomic E-state index is 5.62. The Bertz CT molecular complexity index is 510. The Balaban J connectivity index is 2.36. The molecule has 0 aliphatic heterocycles. The van der Waals surface area contributed by atoms with Crippen molar-refractivity contribution in [3.05, 3.63) is 42.2 Å². The van der Waals surface area contributed by atoms with E-state index in [4.69, 9.17) is 5.73 Å². The van der Waals surface area contributed by atoms with Crippen LogP contribution >= 0.6 is 0 Å². The van der Waals surface area contributed by atoms with E-state index in [1.165, 1.54) is 5.56 Å². The second kappa shape index (κ2) is 4.17. The minimum absolute atomic E-state index is 0.167. The molecule has 0 spiro atoms. The molecule has 2 aromatic rings. The highest BCUT2D eigenvalue weighted by Crippen LogP contribution is 2.25. The van der Waals surface area contributed by atoms with Crippen LogP contribution < -0.4 is 5.73 Å². The van der Waals surface area contributed by atoms with E-state index in [2.05, 4.69) is 55.0 Å². The van der Waals surface area contributed by atoms with E-state index >= 15 is 0 Å². The maximum Gasteiger partial charge on any atom is 0.142 e. The van der Waals surface area contributed by atoms with Crippen LogP contribution in [0, 0.1) is 0 Å². The fourth-order valence-electron chi connectivity index (χ4n) is 1.66. The summed E-state index contributed by atoms with van der Waals surface area (Å²) in [6.07, 6.45) is 3.27. The van der Waals surface area contributed by atoms with Gasteiger partial charge in [0.2, 0.25) is 0 Å². The van der Waals surface area contributed by atoms with Crippen LogP contribution in [0.1, 0.15) is 26.3 Å². The Labute approximate surface area is 102 Å². The molecular weight excluding hydrogens is 210 g/mol. The first-order chi connectivity index (χ1) is 7.97. The average Bonchev–Trinajstić information content (AvgIpc) is 2.28. The number of benzene rings is 1. The summed E-state index contributed by atoms with van der Waals surface area (Å²) in [5, 5.41) is 0. The highest BCUT2D eigenvalue weighted by molar-refractivity contribution is 5.60. The third-order valence-electron chi connectivity index (χ3n) is 2.70. The van der Waals surface area contributed by atoms with Gasteiger partial charge in [-0.15, -0.1) is 0 Å². The fourth-order valence-corrected chi connectivity index (χ4v) is 1.66. The Hall–Kier alpha value is -1.90. The molecule has 0 aliphatic rings. The number of nitrogens with zero attached hydrogens (tertiary/aromatic N) is 2. The van der Waals surface area contributed by atoms with Crippen molar-refractivity contribution in [1.29, 1.82) is 0 Å². The molecule has 2 N–H and O–H groups in total. The van der Waals surface area contributed by atoms with Gasteiger partial charge in [0.05, 0.1) is 18.1 Å². The number of hydrogen-bond donors (Lipinski definition) is 1. The minimum Gasteiger partial charge on any atom is -0.382 e. The number of rotatable bonds is 1. The Morgan fingerprint density at radius 3 is 2.18 bits per heavy atom. The lowest BCUT2D eigenvalue weighted by molar-refractivity contribution is 0.590. The van der Waals surface area contributed by atoms with Gasteiger partial charge < -0.3 is 5.73 Å². The van der Waals surface area contributed by atoms with E-state index in [9.17, 15) is 0 Å². The zero-order chi connectivity index (χ0) is 12.5. The van der Waals surface area contributed by atoms with Crippen molar-refractivity contribution < 1.29 is 0 Å². The first-order valence-corrected chi connectivity index (χ1v) is 5.65. The topological polar surface area (TPSA) is 51.8 Å². The van der Waals surface area contributed by atoms with Crippen molar-refractivity contribution in [3.63, 3.8) is 0 Å². The van der Waals surface area contributed by atoms with Crippen LogP contribution in [-0.2, 0) is 5.41 Å². The molecule has 0 saturated carbocycles. The van der Waals surface area contributed by atoms with E-state index < -0.39 is 0 Å². The van der Waals surface area contributed by atoms with Crippen molar-refractivity contribution in [2.24, 2.45) is 0 Å². The fraction of sp³-hybridized carbons (Fsp3) is 0.286. The third kappa shape index (κ3) is 2.61. The molecule has 1 aromatic carbocycles. The lowest BCUT2D eigenvalue weighted by Crippen LogP contribution is -2.10. The molecule has 0 radical (unpaired) electrons. The lowest BCUT2D eigenvalue weighted by atomic mass is 9.86. The number of hydrogen-bond acceptors (Lipinski definition) is 3. The standard InChI is InChI=1S/C14H17N3/c1-14(2,3)11-6-4-10(5-7-11)12-8-16-9-13(15)17-12/h4-9H,1-3H3,(H2,15,17). The Morgan fingerprint density at radius 1 is 1.00 bits per heavy atom. The largest absolute Gasteiger partial charge is 0.382 e. The monoisotopic (exact) mass is 227 g/mol. The normalized spacial score (nSPS) is 11.5. The number of aromatic nitrogens is 2. The summed E-state index contributed by atoms with van der Waals surface area (Å²) in [7, 11) is 0. The second-order valence-corrected chi connectivity index (χ2v) is 5.16. The van der Waals surface area contributed by atoms with Crippen molar-refractivity contribution in [1.82, 2.24) is 9.97 Å². The van der Waals surface area contributed by atoms with Gasteiger partial charge in [-0.05, 0) is 11.0 Å². The quantitative estimate of drug-likeness (QED) is 0.814. The summed E-state index contributed by atoms with van der Waals surface area (Å²) in [5.41, 5.74) is 8.94. The number of anilines is 1. The van der Waals surface area contributed by atoms with E-state index in [1.807, 2.05) is 0 Å². The molecule has 0 unspecified atom stereocenters. The summed E-state index contributed by atoms with van der Waals surface area (Å²) >= 11 is 0. The predicted molar refractivity (Wildman–Crippen MR) is 70.6 cm³/mol. The molecule has 0 aliphatic carbocycles. The average molecular weight is 227 g/mol. The number of nitrogens with two attached hydrogens (primary N) is 1. The summed E-state index contributed by atoms with van der Waals surface area (Å²) in [5.74, 6) is 0.447. The molecule has 3 nitrogen and oxygen atoms in total. The maximum atomic E-state index is 5.62. The van der Waals surface area contributed by atoms with Crippen LogP contribution in [0.4, 0.5) is 5.82 Å². The van der Waals surface area contributed by atoms with Crippen molar-refractivity contribution in [3.8, 4) is 11.3 Å². The van der Waals surface area contributed by atoms with Crippen LogP contribution in [0.2, 0.25) is 0 Å². The van der Waals surface area contributed by atoms with Crippen LogP contribution in [0.5, 0.6) is 0 Å². The van der Waals surface area contributed by atoms with Gasteiger partial charge >= 0.3 is 0 Å². The summed E-state index contributed by atoms with van der Waals surface area (Å²) in [6.45, 7) is 6.59. The van der Waals surface area contributed by atoms with Crippen LogP contribution in [0.3, 0.4) is 0 Å². The van der Waals surface area contributed by atoms with Gasteiger partial charge in [-0.1, -0.05) is 45.0 Å². The molecule has 88 valence electrons. The molecule has 0 fully saturated rings. The zero-order valence-corrected chi connectivity index (χ0v) is 10.4. The van der Waals surface area contributed by atoms with Crippen LogP contribution in [-0.4, -0.2) is 9.97 Å². The smallest absolute Gasteiger partial charge is 0.142 e. The van der Waals surface area contributed by atoms with Crippen molar-refractivity contribution >= 4 is 5.82 Å². The van der Waals surface area contributed by atoms with Gasteiger partial charge in [0.1, 0.15) is 5.82 Å². The van der Waals surface area contributed by atoms with Crippen molar-refractivity contribution in [2.45, 2.75) is 26.2 Å². The van der Waals surface area contributed by atoms with Gasteiger partial charge in [-0.2, -0.15) is 0 Å². The minimum atomic E-state index is 0.167. The molecule has 2 rings (SSSR count). The molecule has 1 heterocycles. The molecule has 0 atom stereocenters. The molecule has 3 heteroatoms. The predicted octanol–water partition coefficient (Wildman–Crippen LogP) is 3.02. The summed E-state index contributed by atoms with van der Waals surface area (Å²) in [6, 6.07) is 8.37. The van der Waals surface area contributed by atoms with E-state index in [0.29, 0.717) is 5.82 Å². The third-order valence-corrected chi connectivity index (χ3v) is 2.70.